The third kappa shape index (κ3) is 1.54. The van der Waals surface area contributed by atoms with E-state index in [1.54, 1.807) is 9.80 Å². The van der Waals surface area contributed by atoms with Crippen LogP contribution in [0.15, 0.2) is 0 Å². The van der Waals surface area contributed by atoms with Crippen LogP contribution in [0, 0.1) is 0 Å². The molecule has 2 aliphatic heterocycles. The van der Waals surface area contributed by atoms with Crippen molar-refractivity contribution in [2.45, 2.75) is 6.04 Å². The standard InChI is InChI=1S/C8H13N3O2S/c12-7(5-14)10-1-2-11-6(4-10)3-9-8(11)13/h6,14H,1-5H2,(H,9,13). The Morgan fingerprint density at radius 1 is 1.57 bits per heavy atom. The molecule has 0 aromatic rings. The fourth-order valence-corrected chi connectivity index (χ4v) is 2.13. The number of thiol groups is 1. The van der Waals surface area contributed by atoms with Gasteiger partial charge in [0.25, 0.3) is 0 Å². The van der Waals surface area contributed by atoms with Crippen LogP contribution in [0.2, 0.25) is 0 Å². The molecule has 2 fully saturated rings. The van der Waals surface area contributed by atoms with Gasteiger partial charge in [0.2, 0.25) is 5.91 Å². The number of nitrogens with one attached hydrogen (secondary N) is 1. The zero-order chi connectivity index (χ0) is 10.1. The fourth-order valence-electron chi connectivity index (χ4n) is 1.93. The van der Waals surface area contributed by atoms with Crippen LogP contribution in [-0.2, 0) is 4.79 Å². The molecule has 2 aliphatic rings. The van der Waals surface area contributed by atoms with Crippen molar-refractivity contribution < 1.29 is 9.59 Å². The largest absolute Gasteiger partial charge is 0.338 e. The Morgan fingerprint density at radius 2 is 2.36 bits per heavy atom. The first kappa shape index (κ1) is 9.64. The van der Waals surface area contributed by atoms with Gasteiger partial charge in [0.15, 0.2) is 0 Å². The minimum absolute atomic E-state index is 0.00651. The lowest BCUT2D eigenvalue weighted by molar-refractivity contribution is -0.130. The van der Waals surface area contributed by atoms with Crippen LogP contribution in [0.25, 0.3) is 0 Å². The van der Waals surface area contributed by atoms with Crippen LogP contribution < -0.4 is 5.32 Å². The number of amides is 3. The maximum absolute atomic E-state index is 11.4. The van der Waals surface area contributed by atoms with E-state index in [-0.39, 0.29) is 23.7 Å². The minimum Gasteiger partial charge on any atom is -0.338 e. The molecule has 14 heavy (non-hydrogen) atoms. The SMILES string of the molecule is O=C(CS)N1CCN2C(=O)NCC2C1. The average Bonchev–Trinajstić information content (AvgIpc) is 2.59. The molecule has 6 heteroatoms. The maximum Gasteiger partial charge on any atom is 0.317 e. The molecule has 1 N–H and O–H groups in total. The summed E-state index contributed by atoms with van der Waals surface area (Å²) in [5.74, 6) is 0.293. The Balaban J connectivity index is 1.99. The lowest BCUT2D eigenvalue weighted by Crippen LogP contribution is -2.54. The molecule has 2 rings (SSSR count). The monoisotopic (exact) mass is 215 g/mol. The van der Waals surface area contributed by atoms with Crippen molar-refractivity contribution in [3.8, 4) is 0 Å². The Morgan fingerprint density at radius 3 is 3.07 bits per heavy atom. The summed E-state index contributed by atoms with van der Waals surface area (Å²) in [5, 5.41) is 2.77. The van der Waals surface area contributed by atoms with Gasteiger partial charge < -0.3 is 15.1 Å². The first-order valence-electron chi connectivity index (χ1n) is 4.65. The van der Waals surface area contributed by atoms with E-state index in [2.05, 4.69) is 17.9 Å². The molecule has 0 radical (unpaired) electrons. The number of hydrogen-bond acceptors (Lipinski definition) is 3. The third-order valence-electron chi connectivity index (χ3n) is 2.72. The Bertz CT molecular complexity index is 271. The van der Waals surface area contributed by atoms with Crippen molar-refractivity contribution in [3.05, 3.63) is 0 Å². The van der Waals surface area contributed by atoms with Gasteiger partial charge in [-0.3, -0.25) is 4.79 Å². The fraction of sp³-hybridized carbons (Fsp3) is 0.750. The summed E-state index contributed by atoms with van der Waals surface area (Å²) in [7, 11) is 0. The Kier molecular flexibility index (Phi) is 2.54. The Labute approximate surface area is 87.8 Å². The summed E-state index contributed by atoms with van der Waals surface area (Å²) in [6.07, 6.45) is 0. The molecule has 1 unspecified atom stereocenters. The number of hydrogen-bond donors (Lipinski definition) is 2. The predicted molar refractivity (Wildman–Crippen MR) is 54.3 cm³/mol. The van der Waals surface area contributed by atoms with Gasteiger partial charge in [0, 0.05) is 26.2 Å². The van der Waals surface area contributed by atoms with E-state index in [4.69, 9.17) is 0 Å². The van der Waals surface area contributed by atoms with E-state index in [9.17, 15) is 9.59 Å². The third-order valence-corrected chi connectivity index (χ3v) is 2.99. The summed E-state index contributed by atoms with van der Waals surface area (Å²) in [6.45, 7) is 2.55. The summed E-state index contributed by atoms with van der Waals surface area (Å²) in [6, 6.07) is 0.146. The highest BCUT2D eigenvalue weighted by Crippen LogP contribution is 2.14. The Hall–Kier alpha value is -0.910. The van der Waals surface area contributed by atoms with Gasteiger partial charge in [0.1, 0.15) is 0 Å². The van der Waals surface area contributed by atoms with Crippen molar-refractivity contribution >= 4 is 24.6 Å². The molecule has 0 aromatic heterocycles. The number of nitrogens with zero attached hydrogens (tertiary/aromatic N) is 2. The number of fused-ring (bicyclic) bond motifs is 1. The second-order valence-corrected chi connectivity index (χ2v) is 3.85. The van der Waals surface area contributed by atoms with E-state index in [0.717, 1.165) is 0 Å². The summed E-state index contributed by atoms with van der Waals surface area (Å²) >= 11 is 3.95. The van der Waals surface area contributed by atoms with Gasteiger partial charge in [0.05, 0.1) is 11.8 Å². The van der Waals surface area contributed by atoms with Crippen molar-refractivity contribution in [1.29, 1.82) is 0 Å². The second-order valence-electron chi connectivity index (χ2n) is 3.53. The van der Waals surface area contributed by atoms with E-state index >= 15 is 0 Å². The molecular weight excluding hydrogens is 202 g/mol. The van der Waals surface area contributed by atoms with Crippen molar-refractivity contribution in [2.75, 3.05) is 31.9 Å². The zero-order valence-electron chi connectivity index (χ0n) is 7.77. The average molecular weight is 215 g/mol. The van der Waals surface area contributed by atoms with Crippen LogP contribution in [0.5, 0.6) is 0 Å². The van der Waals surface area contributed by atoms with Crippen molar-refractivity contribution in [3.63, 3.8) is 0 Å². The zero-order valence-corrected chi connectivity index (χ0v) is 8.67. The smallest absolute Gasteiger partial charge is 0.317 e. The number of carbonyl (C=O) groups is 2. The molecule has 0 aromatic carbocycles. The van der Waals surface area contributed by atoms with Crippen LogP contribution in [0.1, 0.15) is 0 Å². The summed E-state index contributed by atoms with van der Waals surface area (Å²) < 4.78 is 0. The maximum atomic E-state index is 11.4. The normalized spacial score (nSPS) is 26.1. The van der Waals surface area contributed by atoms with Crippen molar-refractivity contribution in [2.24, 2.45) is 0 Å². The van der Waals surface area contributed by atoms with Gasteiger partial charge in [-0.15, -0.1) is 0 Å². The molecule has 3 amide bonds. The number of piperazine rings is 1. The van der Waals surface area contributed by atoms with Gasteiger partial charge in [-0.2, -0.15) is 12.6 Å². The molecular formula is C8H13N3O2S. The van der Waals surface area contributed by atoms with Crippen LogP contribution in [0.3, 0.4) is 0 Å². The van der Waals surface area contributed by atoms with Crippen LogP contribution in [0.4, 0.5) is 4.79 Å². The van der Waals surface area contributed by atoms with E-state index in [1.807, 2.05) is 0 Å². The first-order chi connectivity index (χ1) is 6.72. The van der Waals surface area contributed by atoms with Crippen molar-refractivity contribution in [1.82, 2.24) is 15.1 Å². The molecule has 0 saturated carbocycles. The summed E-state index contributed by atoms with van der Waals surface area (Å²) in [4.78, 5) is 26.2. The van der Waals surface area contributed by atoms with E-state index in [1.165, 1.54) is 0 Å². The molecule has 2 saturated heterocycles. The molecule has 0 bridgehead atoms. The minimum atomic E-state index is -0.00651. The molecule has 5 nitrogen and oxygen atoms in total. The lowest BCUT2D eigenvalue weighted by Gasteiger charge is -2.36. The number of carbonyl (C=O) groups excluding carboxylic acids is 2. The number of urea groups is 1. The molecule has 2 heterocycles. The van der Waals surface area contributed by atoms with Gasteiger partial charge in [-0.25, -0.2) is 4.79 Å². The van der Waals surface area contributed by atoms with Gasteiger partial charge in [-0.05, 0) is 0 Å². The quantitative estimate of drug-likeness (QED) is 0.560. The van der Waals surface area contributed by atoms with Crippen LogP contribution >= 0.6 is 12.6 Å². The topological polar surface area (TPSA) is 52.7 Å². The molecule has 78 valence electrons. The van der Waals surface area contributed by atoms with Gasteiger partial charge >= 0.3 is 6.03 Å². The highest BCUT2D eigenvalue weighted by Gasteiger charge is 2.36. The first-order valence-corrected chi connectivity index (χ1v) is 5.28. The summed E-state index contributed by atoms with van der Waals surface area (Å²) in [5.41, 5.74) is 0. The number of rotatable bonds is 1. The van der Waals surface area contributed by atoms with E-state index < -0.39 is 0 Å². The molecule has 0 aliphatic carbocycles. The van der Waals surface area contributed by atoms with Gasteiger partial charge in [-0.1, -0.05) is 0 Å². The van der Waals surface area contributed by atoms with Crippen LogP contribution in [-0.4, -0.2) is 59.7 Å². The molecule has 1 atom stereocenters. The van der Waals surface area contributed by atoms with E-state index in [0.29, 0.717) is 26.2 Å². The molecule has 0 spiro atoms. The second kappa shape index (κ2) is 3.68. The predicted octanol–water partition coefficient (Wildman–Crippen LogP) is -0.848. The highest BCUT2D eigenvalue weighted by atomic mass is 32.1. The lowest BCUT2D eigenvalue weighted by atomic mass is 10.2. The highest BCUT2D eigenvalue weighted by molar-refractivity contribution is 7.81.